The molecule has 11 heteroatoms. The quantitative estimate of drug-likeness (QED) is 0.504. The molecule has 174 valence electrons. The van der Waals surface area contributed by atoms with Gasteiger partial charge >= 0.3 is 6.18 Å². The zero-order chi connectivity index (χ0) is 24.6. The molecule has 0 spiro atoms. The number of benzene rings is 2. The number of carbonyl (C=O) groups is 1. The van der Waals surface area contributed by atoms with E-state index in [9.17, 15) is 22.2 Å². The van der Waals surface area contributed by atoms with Gasteiger partial charge in [0.1, 0.15) is 11.3 Å². The third-order valence-electron chi connectivity index (χ3n) is 4.98. The molecule has 0 aliphatic carbocycles. The number of hydrogen-bond donors (Lipinski definition) is 2. The van der Waals surface area contributed by atoms with Crippen molar-refractivity contribution in [3.05, 3.63) is 70.4 Å². The van der Waals surface area contributed by atoms with Gasteiger partial charge < -0.3 is 10.1 Å². The lowest BCUT2D eigenvalue weighted by Gasteiger charge is -2.17. The number of amides is 1. The van der Waals surface area contributed by atoms with Crippen molar-refractivity contribution in [1.29, 1.82) is 4.78 Å². The highest BCUT2D eigenvalue weighted by molar-refractivity contribution is 7.91. The molecule has 0 saturated heterocycles. The van der Waals surface area contributed by atoms with Gasteiger partial charge in [-0.25, -0.2) is 8.99 Å². The number of nitrogens with zero attached hydrogens (tertiary/aromatic N) is 2. The maximum atomic E-state index is 13.5. The Morgan fingerprint density at radius 3 is 2.36 bits per heavy atom. The van der Waals surface area contributed by atoms with Crippen molar-refractivity contribution >= 4 is 21.3 Å². The minimum atomic E-state index is -4.83. The SMILES string of the molecule is Cc1cccc(Oc2nnc(C(F)(F)F)c(C)c2C(=O)Nc2cccc(S(C)(=N)=O)c2)c1C. The minimum absolute atomic E-state index is 0.154. The molecular weight excluding hydrogens is 457 g/mol. The third-order valence-corrected chi connectivity index (χ3v) is 6.14. The Kier molecular flexibility index (Phi) is 6.46. The highest BCUT2D eigenvalue weighted by atomic mass is 32.2. The molecule has 0 aliphatic rings. The smallest absolute Gasteiger partial charge is 0.435 e. The van der Waals surface area contributed by atoms with Crippen LogP contribution < -0.4 is 10.1 Å². The summed E-state index contributed by atoms with van der Waals surface area (Å²) in [4.78, 5) is 13.3. The molecule has 2 aromatic carbocycles. The van der Waals surface area contributed by atoms with E-state index < -0.39 is 38.6 Å². The van der Waals surface area contributed by atoms with Crippen molar-refractivity contribution < 1.29 is 26.9 Å². The predicted octanol–water partition coefficient (Wildman–Crippen LogP) is 5.50. The summed E-state index contributed by atoms with van der Waals surface area (Å²) in [6.07, 6.45) is -3.61. The van der Waals surface area contributed by atoms with E-state index in [4.69, 9.17) is 9.52 Å². The second-order valence-corrected chi connectivity index (χ2v) is 9.64. The maximum absolute atomic E-state index is 13.5. The van der Waals surface area contributed by atoms with E-state index in [1.54, 1.807) is 19.1 Å². The molecule has 0 fully saturated rings. The Labute approximate surface area is 189 Å². The average Bonchev–Trinajstić information content (AvgIpc) is 2.70. The van der Waals surface area contributed by atoms with Crippen molar-refractivity contribution in [1.82, 2.24) is 10.2 Å². The molecule has 3 aromatic rings. The predicted molar refractivity (Wildman–Crippen MR) is 117 cm³/mol. The topological polar surface area (TPSA) is 105 Å². The van der Waals surface area contributed by atoms with Gasteiger partial charge in [0.2, 0.25) is 0 Å². The summed E-state index contributed by atoms with van der Waals surface area (Å²) in [7, 11) is -3.06. The van der Waals surface area contributed by atoms with Crippen LogP contribution in [0.4, 0.5) is 18.9 Å². The number of aromatic nitrogens is 2. The monoisotopic (exact) mass is 478 g/mol. The van der Waals surface area contributed by atoms with E-state index in [2.05, 4.69) is 15.5 Å². The molecule has 33 heavy (non-hydrogen) atoms. The lowest BCUT2D eigenvalue weighted by molar-refractivity contribution is -0.142. The van der Waals surface area contributed by atoms with E-state index in [1.165, 1.54) is 30.5 Å². The number of aryl methyl sites for hydroxylation is 1. The number of rotatable bonds is 5. The van der Waals surface area contributed by atoms with Gasteiger partial charge in [-0.2, -0.15) is 13.2 Å². The van der Waals surface area contributed by atoms with E-state index in [0.717, 1.165) is 18.1 Å². The first kappa shape index (κ1) is 24.2. The minimum Gasteiger partial charge on any atom is -0.437 e. The molecule has 7 nitrogen and oxygen atoms in total. The maximum Gasteiger partial charge on any atom is 0.435 e. The lowest BCUT2D eigenvalue weighted by Crippen LogP contribution is -2.21. The average molecular weight is 478 g/mol. The van der Waals surface area contributed by atoms with Gasteiger partial charge in [-0.15, -0.1) is 10.2 Å². The Bertz CT molecular complexity index is 1340. The second-order valence-electron chi connectivity index (χ2n) is 7.48. The summed E-state index contributed by atoms with van der Waals surface area (Å²) in [6.45, 7) is 4.72. The molecule has 3 rings (SSSR count). The van der Waals surface area contributed by atoms with Crippen LogP contribution >= 0.6 is 0 Å². The van der Waals surface area contributed by atoms with Crippen LogP contribution in [0.3, 0.4) is 0 Å². The molecule has 1 heterocycles. The van der Waals surface area contributed by atoms with Gasteiger partial charge in [-0.1, -0.05) is 18.2 Å². The molecule has 0 radical (unpaired) electrons. The van der Waals surface area contributed by atoms with Crippen LogP contribution in [0.25, 0.3) is 0 Å². The summed E-state index contributed by atoms with van der Waals surface area (Å²) in [5.74, 6) is -0.986. The molecule has 1 amide bonds. The fraction of sp³-hybridized carbons (Fsp3) is 0.227. The number of hydrogen-bond acceptors (Lipinski definition) is 6. The van der Waals surface area contributed by atoms with Gasteiger partial charge in [0, 0.05) is 16.8 Å². The number of alkyl halides is 3. The summed E-state index contributed by atoms with van der Waals surface area (Å²) < 4.78 is 65.8. The van der Waals surface area contributed by atoms with E-state index in [-0.39, 0.29) is 16.5 Å². The highest BCUT2D eigenvalue weighted by Crippen LogP contribution is 2.35. The Morgan fingerprint density at radius 2 is 1.73 bits per heavy atom. The second kappa shape index (κ2) is 8.81. The molecule has 1 aromatic heterocycles. The highest BCUT2D eigenvalue weighted by Gasteiger charge is 2.38. The van der Waals surface area contributed by atoms with Crippen LogP contribution in [0.2, 0.25) is 0 Å². The summed E-state index contributed by atoms with van der Waals surface area (Å²) in [5, 5.41) is 9.29. The van der Waals surface area contributed by atoms with E-state index in [0.29, 0.717) is 5.75 Å². The molecule has 1 unspecified atom stereocenters. The normalized spacial score (nSPS) is 13.3. The molecule has 0 bridgehead atoms. The van der Waals surface area contributed by atoms with Gasteiger partial charge in [-0.3, -0.25) is 4.79 Å². The first-order valence-electron chi connectivity index (χ1n) is 9.63. The van der Waals surface area contributed by atoms with Gasteiger partial charge in [-0.05, 0) is 61.7 Å². The van der Waals surface area contributed by atoms with Crippen LogP contribution in [-0.4, -0.2) is 26.6 Å². The van der Waals surface area contributed by atoms with E-state index in [1.807, 2.05) is 13.0 Å². The van der Waals surface area contributed by atoms with Crippen LogP contribution in [0.1, 0.15) is 32.7 Å². The molecule has 1 atom stereocenters. The standard InChI is InChI=1S/C22H21F3N4O3S/c1-12-7-5-10-17(13(12)2)32-21-18(14(3)19(28-29-21)22(23,24)25)20(30)27-15-8-6-9-16(11-15)33(4,26)31/h5-11,26H,1-4H3,(H,27,30). The molecule has 0 aliphatic heterocycles. The van der Waals surface area contributed by atoms with Crippen molar-refractivity contribution in [3.63, 3.8) is 0 Å². The molecule has 0 saturated carbocycles. The summed E-state index contributed by atoms with van der Waals surface area (Å²) in [6, 6.07) is 10.9. The van der Waals surface area contributed by atoms with Crippen LogP contribution in [0.5, 0.6) is 11.6 Å². The van der Waals surface area contributed by atoms with Crippen molar-refractivity contribution in [2.75, 3.05) is 11.6 Å². The summed E-state index contributed by atoms with van der Waals surface area (Å²) >= 11 is 0. The van der Waals surface area contributed by atoms with Crippen LogP contribution in [0.15, 0.2) is 47.4 Å². The Hall–Kier alpha value is -3.47. The first-order valence-corrected chi connectivity index (χ1v) is 11.6. The Balaban J connectivity index is 2.09. The lowest BCUT2D eigenvalue weighted by atomic mass is 10.1. The van der Waals surface area contributed by atoms with Gasteiger partial charge in [0.05, 0.1) is 9.73 Å². The van der Waals surface area contributed by atoms with Crippen LogP contribution in [0, 0.1) is 25.6 Å². The fourth-order valence-corrected chi connectivity index (χ4v) is 3.75. The third kappa shape index (κ3) is 5.30. The number of nitrogens with one attached hydrogen (secondary N) is 2. The summed E-state index contributed by atoms with van der Waals surface area (Å²) in [5.41, 5.74) is -0.438. The zero-order valence-electron chi connectivity index (χ0n) is 18.2. The van der Waals surface area contributed by atoms with Crippen molar-refractivity contribution in [2.45, 2.75) is 31.8 Å². The van der Waals surface area contributed by atoms with E-state index >= 15 is 0 Å². The molecule has 2 N–H and O–H groups in total. The van der Waals surface area contributed by atoms with Crippen LogP contribution in [-0.2, 0) is 15.9 Å². The number of anilines is 1. The fourth-order valence-electron chi connectivity index (χ4n) is 3.06. The zero-order valence-corrected chi connectivity index (χ0v) is 19.0. The van der Waals surface area contributed by atoms with Crippen molar-refractivity contribution in [3.8, 4) is 11.6 Å². The van der Waals surface area contributed by atoms with Gasteiger partial charge in [0.15, 0.2) is 5.69 Å². The molecular formula is C22H21F3N4O3S. The van der Waals surface area contributed by atoms with Crippen molar-refractivity contribution in [2.24, 2.45) is 0 Å². The number of ether oxygens (including phenoxy) is 1. The van der Waals surface area contributed by atoms with Gasteiger partial charge in [0.25, 0.3) is 11.8 Å². The number of carbonyl (C=O) groups excluding carboxylic acids is 1. The largest absolute Gasteiger partial charge is 0.437 e. The Morgan fingerprint density at radius 1 is 1.06 bits per heavy atom. The first-order chi connectivity index (χ1) is 15.3. The number of halogens is 3.